The molecule has 1 N–H and O–H groups in total. The van der Waals surface area contributed by atoms with Gasteiger partial charge in [0.2, 0.25) is 0 Å². The van der Waals surface area contributed by atoms with E-state index < -0.39 is 0 Å². The first-order valence-electron chi connectivity index (χ1n) is 6.18. The summed E-state index contributed by atoms with van der Waals surface area (Å²) in [5, 5.41) is 3.10. The molecule has 1 aliphatic carbocycles. The molecule has 1 unspecified atom stereocenters. The van der Waals surface area contributed by atoms with E-state index in [1.165, 1.54) is 17.2 Å². The van der Waals surface area contributed by atoms with Gasteiger partial charge in [0.05, 0.1) is 0 Å². The lowest BCUT2D eigenvalue weighted by Crippen LogP contribution is -2.24. The predicted octanol–water partition coefficient (Wildman–Crippen LogP) is 3.28. The van der Waals surface area contributed by atoms with Crippen LogP contribution in [0.25, 0.3) is 0 Å². The van der Waals surface area contributed by atoms with E-state index in [1.54, 1.807) is 6.20 Å². The van der Waals surface area contributed by atoms with E-state index in [0.717, 1.165) is 18.5 Å². The first-order valence-corrected chi connectivity index (χ1v) is 6.18. The summed E-state index contributed by atoms with van der Waals surface area (Å²) < 4.78 is 13.6. The lowest BCUT2D eigenvalue weighted by molar-refractivity contribution is 0.608. The van der Waals surface area contributed by atoms with Gasteiger partial charge in [-0.3, -0.25) is 0 Å². The van der Waals surface area contributed by atoms with Crippen LogP contribution in [0.3, 0.4) is 0 Å². The molecule has 1 heterocycles. The minimum absolute atomic E-state index is 0.275. The average molecular weight is 242 g/mol. The number of aromatic nitrogens is 1. The standard InChI is InChI=1S/C15H15FN2/c1-10-6-14(16)15(17-8-10)18-9-12-7-11-4-2-3-5-13(11)12/h2-6,8,12H,7,9H2,1H3,(H,17,18). The van der Waals surface area contributed by atoms with Gasteiger partial charge in [0.25, 0.3) is 0 Å². The highest BCUT2D eigenvalue weighted by atomic mass is 19.1. The Kier molecular flexibility index (Phi) is 2.74. The van der Waals surface area contributed by atoms with Crippen LogP contribution < -0.4 is 5.32 Å². The minimum Gasteiger partial charge on any atom is -0.367 e. The summed E-state index contributed by atoms with van der Waals surface area (Å²) in [7, 11) is 0. The number of anilines is 1. The molecule has 1 aromatic heterocycles. The van der Waals surface area contributed by atoms with Gasteiger partial charge in [-0.15, -0.1) is 0 Å². The van der Waals surface area contributed by atoms with Gasteiger partial charge in [-0.25, -0.2) is 9.37 Å². The SMILES string of the molecule is Cc1cnc(NCC2Cc3ccccc32)c(F)c1. The van der Waals surface area contributed by atoms with Gasteiger partial charge < -0.3 is 5.32 Å². The normalized spacial score (nSPS) is 16.9. The molecule has 3 rings (SSSR count). The van der Waals surface area contributed by atoms with Crippen LogP contribution in [-0.4, -0.2) is 11.5 Å². The first-order chi connectivity index (χ1) is 8.74. The van der Waals surface area contributed by atoms with Crippen molar-refractivity contribution in [3.8, 4) is 0 Å². The predicted molar refractivity (Wildman–Crippen MR) is 70.3 cm³/mol. The maximum absolute atomic E-state index is 13.6. The van der Waals surface area contributed by atoms with Crippen molar-refractivity contribution in [1.82, 2.24) is 4.98 Å². The van der Waals surface area contributed by atoms with Crippen molar-refractivity contribution in [2.75, 3.05) is 11.9 Å². The van der Waals surface area contributed by atoms with Gasteiger partial charge in [-0.2, -0.15) is 0 Å². The largest absolute Gasteiger partial charge is 0.367 e. The molecule has 0 amide bonds. The third-order valence-corrected chi connectivity index (χ3v) is 3.46. The van der Waals surface area contributed by atoms with E-state index >= 15 is 0 Å². The highest BCUT2D eigenvalue weighted by molar-refractivity contribution is 5.43. The van der Waals surface area contributed by atoms with Crippen LogP contribution in [0, 0.1) is 12.7 Å². The Morgan fingerprint density at radius 1 is 1.39 bits per heavy atom. The fraction of sp³-hybridized carbons (Fsp3) is 0.267. The van der Waals surface area contributed by atoms with Crippen molar-refractivity contribution in [2.45, 2.75) is 19.3 Å². The Morgan fingerprint density at radius 3 is 3.00 bits per heavy atom. The van der Waals surface area contributed by atoms with Crippen molar-refractivity contribution >= 4 is 5.82 Å². The third kappa shape index (κ3) is 1.96. The van der Waals surface area contributed by atoms with E-state index in [1.807, 2.05) is 6.92 Å². The number of pyridine rings is 1. The second-order valence-corrected chi connectivity index (χ2v) is 4.82. The van der Waals surface area contributed by atoms with E-state index in [4.69, 9.17) is 0 Å². The Morgan fingerprint density at radius 2 is 2.22 bits per heavy atom. The number of nitrogens with one attached hydrogen (secondary N) is 1. The molecular weight excluding hydrogens is 227 g/mol. The van der Waals surface area contributed by atoms with Crippen LogP contribution in [0.5, 0.6) is 0 Å². The summed E-state index contributed by atoms with van der Waals surface area (Å²) in [6.07, 6.45) is 2.75. The molecular formula is C15H15FN2. The number of hydrogen-bond donors (Lipinski definition) is 1. The lowest BCUT2D eigenvalue weighted by atomic mass is 9.77. The number of fused-ring (bicyclic) bond motifs is 1. The summed E-state index contributed by atoms with van der Waals surface area (Å²) in [6.45, 7) is 2.58. The van der Waals surface area contributed by atoms with Crippen LogP contribution in [0.15, 0.2) is 36.5 Å². The van der Waals surface area contributed by atoms with Crippen LogP contribution in [0.1, 0.15) is 22.6 Å². The second kappa shape index (κ2) is 4.41. The Balaban J connectivity index is 1.66. The molecule has 0 bridgehead atoms. The average Bonchev–Trinajstić information content (AvgIpc) is 2.33. The van der Waals surface area contributed by atoms with Gasteiger partial charge in [-0.1, -0.05) is 24.3 Å². The molecule has 1 atom stereocenters. The van der Waals surface area contributed by atoms with Crippen LogP contribution in [0.4, 0.5) is 10.2 Å². The second-order valence-electron chi connectivity index (χ2n) is 4.82. The number of benzene rings is 1. The summed E-state index contributed by atoms with van der Waals surface area (Å²) >= 11 is 0. The molecule has 0 spiro atoms. The molecule has 2 aromatic rings. The number of nitrogens with zero attached hydrogens (tertiary/aromatic N) is 1. The monoisotopic (exact) mass is 242 g/mol. The van der Waals surface area contributed by atoms with Crippen molar-refractivity contribution in [2.24, 2.45) is 0 Å². The molecule has 92 valence electrons. The fourth-order valence-corrected chi connectivity index (χ4v) is 2.43. The Bertz CT molecular complexity index is 580. The minimum atomic E-state index is -0.275. The molecule has 0 aliphatic heterocycles. The molecule has 0 fully saturated rings. The van der Waals surface area contributed by atoms with Crippen molar-refractivity contribution in [1.29, 1.82) is 0 Å². The highest BCUT2D eigenvalue weighted by Gasteiger charge is 2.25. The molecule has 18 heavy (non-hydrogen) atoms. The van der Waals surface area contributed by atoms with E-state index in [0.29, 0.717) is 11.7 Å². The maximum atomic E-state index is 13.6. The van der Waals surface area contributed by atoms with Crippen LogP contribution >= 0.6 is 0 Å². The molecule has 1 aliphatic rings. The van der Waals surface area contributed by atoms with Gasteiger partial charge in [0, 0.05) is 18.7 Å². The maximum Gasteiger partial charge on any atom is 0.165 e. The van der Waals surface area contributed by atoms with Crippen LogP contribution in [0.2, 0.25) is 0 Å². The number of halogens is 1. The molecule has 0 radical (unpaired) electrons. The fourth-order valence-electron chi connectivity index (χ4n) is 2.43. The van der Waals surface area contributed by atoms with E-state index in [2.05, 4.69) is 34.6 Å². The van der Waals surface area contributed by atoms with Gasteiger partial charge in [0.1, 0.15) is 0 Å². The van der Waals surface area contributed by atoms with Gasteiger partial charge in [0.15, 0.2) is 11.6 Å². The quantitative estimate of drug-likeness (QED) is 0.893. The molecule has 3 heteroatoms. The lowest BCUT2D eigenvalue weighted by Gasteiger charge is -2.30. The summed E-state index contributed by atoms with van der Waals surface area (Å²) in [5.74, 6) is 0.552. The summed E-state index contributed by atoms with van der Waals surface area (Å²) in [5.41, 5.74) is 3.62. The highest BCUT2D eigenvalue weighted by Crippen LogP contribution is 2.34. The van der Waals surface area contributed by atoms with Crippen molar-refractivity contribution < 1.29 is 4.39 Å². The van der Waals surface area contributed by atoms with Crippen molar-refractivity contribution in [3.05, 3.63) is 59.0 Å². The van der Waals surface area contributed by atoms with Gasteiger partial charge in [-0.05, 0) is 36.1 Å². The smallest absolute Gasteiger partial charge is 0.165 e. The zero-order chi connectivity index (χ0) is 12.5. The zero-order valence-electron chi connectivity index (χ0n) is 10.3. The number of hydrogen-bond acceptors (Lipinski definition) is 2. The number of aryl methyl sites for hydroxylation is 1. The van der Waals surface area contributed by atoms with Gasteiger partial charge >= 0.3 is 0 Å². The Hall–Kier alpha value is -1.90. The third-order valence-electron chi connectivity index (χ3n) is 3.46. The van der Waals surface area contributed by atoms with Crippen molar-refractivity contribution in [3.63, 3.8) is 0 Å². The number of rotatable bonds is 3. The summed E-state index contributed by atoms with van der Waals surface area (Å²) in [6, 6.07) is 9.91. The summed E-state index contributed by atoms with van der Waals surface area (Å²) in [4.78, 5) is 4.08. The van der Waals surface area contributed by atoms with E-state index in [-0.39, 0.29) is 5.82 Å². The topological polar surface area (TPSA) is 24.9 Å². The molecule has 0 saturated carbocycles. The van der Waals surface area contributed by atoms with E-state index in [9.17, 15) is 4.39 Å². The molecule has 0 saturated heterocycles. The molecule has 1 aromatic carbocycles. The zero-order valence-corrected chi connectivity index (χ0v) is 10.3. The molecule has 2 nitrogen and oxygen atoms in total. The first kappa shape index (κ1) is 11.2. The Labute approximate surface area is 106 Å². The van der Waals surface area contributed by atoms with Crippen LogP contribution in [-0.2, 0) is 6.42 Å².